The highest BCUT2D eigenvalue weighted by Gasteiger charge is 2.28. The van der Waals surface area contributed by atoms with Crippen molar-refractivity contribution < 1.29 is 4.39 Å². The molecule has 8 heteroatoms. The Labute approximate surface area is 177 Å². The third-order valence-corrected chi connectivity index (χ3v) is 6.53. The van der Waals surface area contributed by atoms with E-state index in [9.17, 15) is 4.39 Å². The van der Waals surface area contributed by atoms with Gasteiger partial charge < -0.3 is 14.8 Å². The van der Waals surface area contributed by atoms with Gasteiger partial charge in [0.25, 0.3) is 0 Å². The van der Waals surface area contributed by atoms with Gasteiger partial charge in [0.15, 0.2) is 0 Å². The summed E-state index contributed by atoms with van der Waals surface area (Å²) in [6, 6.07) is 5.55. The molecule has 0 atom stereocenters. The van der Waals surface area contributed by atoms with Crippen LogP contribution in [0, 0.1) is 5.82 Å². The van der Waals surface area contributed by atoms with Gasteiger partial charge in [0.05, 0.1) is 6.54 Å². The van der Waals surface area contributed by atoms with Gasteiger partial charge in [-0.3, -0.25) is 4.90 Å². The topological polar surface area (TPSA) is 49.2 Å². The van der Waals surface area contributed by atoms with Gasteiger partial charge in [0.2, 0.25) is 0 Å². The molecule has 0 saturated carbocycles. The number of hydrogen-bond acceptors (Lipinski definition) is 5. The van der Waals surface area contributed by atoms with Crippen LogP contribution in [0.1, 0.15) is 48.8 Å². The number of anilines is 1. The van der Waals surface area contributed by atoms with Crippen molar-refractivity contribution in [3.8, 4) is 0 Å². The Hall–Kier alpha value is -1.70. The summed E-state index contributed by atoms with van der Waals surface area (Å²) in [5.41, 5.74) is 1.97. The molecule has 1 aromatic carbocycles. The van der Waals surface area contributed by atoms with Crippen molar-refractivity contribution in [3.05, 3.63) is 41.2 Å². The van der Waals surface area contributed by atoms with Crippen molar-refractivity contribution in [2.45, 2.75) is 51.2 Å². The van der Waals surface area contributed by atoms with Crippen molar-refractivity contribution in [1.29, 1.82) is 0 Å². The Morgan fingerprint density at radius 3 is 2.62 bits per heavy atom. The molecule has 4 heterocycles. The number of piperidine rings is 1. The molecule has 2 saturated heterocycles. The van der Waals surface area contributed by atoms with E-state index in [1.165, 1.54) is 12.8 Å². The zero-order chi connectivity index (χ0) is 18.9. The number of rotatable bonds is 4. The summed E-state index contributed by atoms with van der Waals surface area (Å²) in [6.07, 6.45) is 4.55. The van der Waals surface area contributed by atoms with Crippen LogP contribution < -0.4 is 10.2 Å². The fourth-order valence-corrected chi connectivity index (χ4v) is 4.95. The van der Waals surface area contributed by atoms with Gasteiger partial charge in [-0.05, 0) is 50.9 Å². The average molecular weight is 421 g/mol. The molecule has 2 fully saturated rings. The standard InChI is InChI=1S/C21H29FN6.ClH/c22-18-4-3-5-19(27-9-1-2-10-27)17(18)15-26-11-6-16(7-12-26)21-25-24-20-14-23-8-13-28(20)21;/h3-5,16,23H,1-2,6-15H2;1H. The maximum Gasteiger partial charge on any atom is 0.147 e. The minimum Gasteiger partial charge on any atom is -0.371 e. The van der Waals surface area contributed by atoms with Crippen LogP contribution in [0.4, 0.5) is 10.1 Å². The van der Waals surface area contributed by atoms with Gasteiger partial charge in [-0.15, -0.1) is 22.6 Å². The van der Waals surface area contributed by atoms with E-state index in [0.717, 1.165) is 81.6 Å². The number of benzene rings is 1. The normalized spacial score (nSPS) is 20.5. The lowest BCUT2D eigenvalue weighted by Crippen LogP contribution is -2.35. The summed E-state index contributed by atoms with van der Waals surface area (Å²) in [5, 5.41) is 12.2. The largest absolute Gasteiger partial charge is 0.371 e. The molecule has 3 aliphatic rings. The summed E-state index contributed by atoms with van der Waals surface area (Å²) >= 11 is 0. The van der Waals surface area contributed by atoms with Crippen molar-refractivity contribution in [1.82, 2.24) is 25.0 Å². The lowest BCUT2D eigenvalue weighted by atomic mass is 9.95. The molecular formula is C21H30ClFN6. The molecule has 6 nitrogen and oxygen atoms in total. The number of likely N-dealkylation sites (tertiary alicyclic amines) is 1. The number of nitrogens with zero attached hydrogens (tertiary/aromatic N) is 5. The van der Waals surface area contributed by atoms with Crippen molar-refractivity contribution in [2.24, 2.45) is 0 Å². The molecule has 2 aromatic rings. The van der Waals surface area contributed by atoms with E-state index >= 15 is 0 Å². The second kappa shape index (κ2) is 8.98. The molecule has 29 heavy (non-hydrogen) atoms. The third kappa shape index (κ3) is 4.13. The van der Waals surface area contributed by atoms with E-state index in [0.29, 0.717) is 12.5 Å². The van der Waals surface area contributed by atoms with E-state index in [1.807, 2.05) is 6.07 Å². The molecule has 158 valence electrons. The van der Waals surface area contributed by atoms with E-state index in [2.05, 4.69) is 35.9 Å². The first-order chi connectivity index (χ1) is 13.8. The van der Waals surface area contributed by atoms with Crippen LogP contribution in [0.5, 0.6) is 0 Å². The summed E-state index contributed by atoms with van der Waals surface area (Å²) in [4.78, 5) is 4.76. The molecule has 0 aliphatic carbocycles. The third-order valence-electron chi connectivity index (χ3n) is 6.53. The molecule has 0 unspecified atom stereocenters. The quantitative estimate of drug-likeness (QED) is 0.824. The first kappa shape index (κ1) is 20.6. The fraction of sp³-hybridized carbons (Fsp3) is 0.619. The van der Waals surface area contributed by atoms with Gasteiger partial charge >= 0.3 is 0 Å². The molecule has 0 bridgehead atoms. The van der Waals surface area contributed by atoms with Gasteiger partial charge in [0.1, 0.15) is 17.5 Å². The average Bonchev–Trinajstić information content (AvgIpc) is 3.40. The Bertz CT molecular complexity index is 827. The van der Waals surface area contributed by atoms with Crippen molar-refractivity contribution in [3.63, 3.8) is 0 Å². The van der Waals surface area contributed by atoms with Crippen LogP contribution in [0.15, 0.2) is 18.2 Å². The van der Waals surface area contributed by atoms with Crippen molar-refractivity contribution in [2.75, 3.05) is 37.6 Å². The van der Waals surface area contributed by atoms with E-state index in [4.69, 9.17) is 0 Å². The Morgan fingerprint density at radius 2 is 1.83 bits per heavy atom. The Balaban J connectivity index is 0.00000205. The predicted octanol–water partition coefficient (Wildman–Crippen LogP) is 2.92. The SMILES string of the molecule is Cl.Fc1cccc(N2CCCC2)c1CN1CCC(c2nnc3n2CCNC3)CC1. The van der Waals surface area contributed by atoms with E-state index in [1.54, 1.807) is 6.07 Å². The monoisotopic (exact) mass is 420 g/mol. The fourth-order valence-electron chi connectivity index (χ4n) is 4.95. The van der Waals surface area contributed by atoms with Gasteiger partial charge in [-0.25, -0.2) is 4.39 Å². The lowest BCUT2D eigenvalue weighted by molar-refractivity contribution is 0.197. The van der Waals surface area contributed by atoms with Crippen LogP contribution in [0.2, 0.25) is 0 Å². The molecule has 0 spiro atoms. The summed E-state index contributed by atoms with van der Waals surface area (Å²) in [6.45, 7) is 7.54. The highest BCUT2D eigenvalue weighted by atomic mass is 35.5. The first-order valence-corrected chi connectivity index (χ1v) is 10.7. The molecule has 1 aromatic heterocycles. The minimum atomic E-state index is -0.0643. The Morgan fingerprint density at radius 1 is 1.03 bits per heavy atom. The van der Waals surface area contributed by atoms with Crippen LogP contribution >= 0.6 is 12.4 Å². The maximum atomic E-state index is 14.7. The second-order valence-electron chi connectivity index (χ2n) is 8.28. The molecule has 0 amide bonds. The highest BCUT2D eigenvalue weighted by Crippen LogP contribution is 2.32. The predicted molar refractivity (Wildman–Crippen MR) is 114 cm³/mol. The minimum absolute atomic E-state index is 0. The molecule has 0 radical (unpaired) electrons. The lowest BCUT2D eigenvalue weighted by Gasteiger charge is -2.33. The Kier molecular flexibility index (Phi) is 6.37. The second-order valence-corrected chi connectivity index (χ2v) is 8.28. The molecule has 3 aliphatic heterocycles. The number of fused-ring (bicyclic) bond motifs is 1. The highest BCUT2D eigenvalue weighted by molar-refractivity contribution is 5.85. The summed E-state index contributed by atoms with van der Waals surface area (Å²) in [5.74, 6) is 2.62. The van der Waals surface area contributed by atoms with Crippen molar-refractivity contribution >= 4 is 18.1 Å². The zero-order valence-corrected chi connectivity index (χ0v) is 17.6. The van der Waals surface area contributed by atoms with Gasteiger partial charge in [0, 0.05) is 49.9 Å². The molecular weight excluding hydrogens is 391 g/mol. The molecule has 1 N–H and O–H groups in total. The van der Waals surface area contributed by atoms with Crippen LogP contribution in [0.25, 0.3) is 0 Å². The number of halogens is 2. The van der Waals surface area contributed by atoms with Crippen LogP contribution in [0.3, 0.4) is 0 Å². The smallest absolute Gasteiger partial charge is 0.147 e. The van der Waals surface area contributed by atoms with Gasteiger partial charge in [-0.1, -0.05) is 6.07 Å². The number of hydrogen-bond donors (Lipinski definition) is 1. The van der Waals surface area contributed by atoms with Crippen LogP contribution in [-0.2, 0) is 19.6 Å². The number of aromatic nitrogens is 3. The van der Waals surface area contributed by atoms with E-state index < -0.39 is 0 Å². The van der Waals surface area contributed by atoms with E-state index in [-0.39, 0.29) is 18.2 Å². The maximum absolute atomic E-state index is 14.7. The van der Waals surface area contributed by atoms with Crippen LogP contribution in [-0.4, -0.2) is 52.4 Å². The van der Waals surface area contributed by atoms with Gasteiger partial charge in [-0.2, -0.15) is 0 Å². The zero-order valence-electron chi connectivity index (χ0n) is 16.8. The summed E-state index contributed by atoms with van der Waals surface area (Å²) in [7, 11) is 0. The summed E-state index contributed by atoms with van der Waals surface area (Å²) < 4.78 is 17.0. The first-order valence-electron chi connectivity index (χ1n) is 10.7. The molecule has 5 rings (SSSR count). The number of nitrogens with one attached hydrogen (secondary N) is 1.